The van der Waals surface area contributed by atoms with Gasteiger partial charge in [0.2, 0.25) is 0 Å². The van der Waals surface area contributed by atoms with Gasteiger partial charge in [-0.05, 0) is 66.1 Å². The largest absolute Gasteiger partial charge is 0.300 e. The van der Waals surface area contributed by atoms with Crippen molar-refractivity contribution in [3.8, 4) is 6.07 Å². The zero-order chi connectivity index (χ0) is 15.5. The van der Waals surface area contributed by atoms with Gasteiger partial charge in [-0.3, -0.25) is 15.1 Å². The highest BCUT2D eigenvalue weighted by molar-refractivity contribution is 5.06. The molecule has 0 radical (unpaired) electrons. The van der Waals surface area contributed by atoms with Crippen LogP contribution in [0, 0.1) is 11.3 Å². The molecule has 4 nitrogen and oxygen atoms in total. The number of likely N-dealkylation sites (N-methyl/N-ethyl adjacent to an activating group) is 1. The summed E-state index contributed by atoms with van der Waals surface area (Å²) < 4.78 is 0. The predicted octanol–water partition coefficient (Wildman–Crippen LogP) is 2.22. The van der Waals surface area contributed by atoms with Gasteiger partial charge in [-0.1, -0.05) is 6.92 Å². The molecule has 1 N–H and O–H groups in total. The number of nitrogens with zero attached hydrogens (tertiary/aromatic N) is 3. The Balaban J connectivity index is 1.93. The zero-order valence-corrected chi connectivity index (χ0v) is 14.2. The summed E-state index contributed by atoms with van der Waals surface area (Å²) in [6, 6.07) is 4.46. The predicted molar refractivity (Wildman–Crippen MR) is 87.2 cm³/mol. The van der Waals surface area contributed by atoms with E-state index in [1.165, 1.54) is 32.4 Å². The highest BCUT2D eigenvalue weighted by Gasteiger charge is 2.37. The Bertz CT molecular complexity index is 377. The number of fused-ring (bicyclic) bond motifs is 2. The van der Waals surface area contributed by atoms with Gasteiger partial charge in [0.25, 0.3) is 0 Å². The molecule has 2 rings (SSSR count). The van der Waals surface area contributed by atoms with Crippen LogP contribution in [-0.4, -0.2) is 60.1 Å². The molecule has 0 spiro atoms. The lowest BCUT2D eigenvalue weighted by Gasteiger charge is -2.35. The standard InChI is InChI=1S/C17H32N4/c1-5-9-19-17(3,13-18)11-14(2)21-10-8-15-6-7-16(12-21)20(15)4/h14-16,19H,5-12H2,1-4H3. The molecule has 2 aliphatic rings. The van der Waals surface area contributed by atoms with Crippen molar-refractivity contribution >= 4 is 0 Å². The summed E-state index contributed by atoms with van der Waals surface area (Å²) in [5.74, 6) is 0. The number of hydrogen-bond donors (Lipinski definition) is 1. The van der Waals surface area contributed by atoms with E-state index in [-0.39, 0.29) is 0 Å². The van der Waals surface area contributed by atoms with Gasteiger partial charge in [0.15, 0.2) is 0 Å². The molecule has 4 heteroatoms. The average molecular weight is 292 g/mol. The number of nitrogens with one attached hydrogen (secondary N) is 1. The van der Waals surface area contributed by atoms with Crippen LogP contribution in [0.4, 0.5) is 0 Å². The van der Waals surface area contributed by atoms with E-state index < -0.39 is 5.54 Å². The maximum Gasteiger partial charge on any atom is 0.105 e. The van der Waals surface area contributed by atoms with Crippen LogP contribution in [0.15, 0.2) is 0 Å². The summed E-state index contributed by atoms with van der Waals surface area (Å²) in [7, 11) is 2.29. The van der Waals surface area contributed by atoms with Crippen LogP contribution in [0.25, 0.3) is 0 Å². The van der Waals surface area contributed by atoms with E-state index in [9.17, 15) is 5.26 Å². The summed E-state index contributed by atoms with van der Waals surface area (Å²) >= 11 is 0. The van der Waals surface area contributed by atoms with E-state index in [1.54, 1.807) is 0 Å². The normalized spacial score (nSPS) is 31.4. The Hall–Kier alpha value is -0.630. The van der Waals surface area contributed by atoms with Crippen molar-refractivity contribution in [3.63, 3.8) is 0 Å². The van der Waals surface area contributed by atoms with Crippen LogP contribution in [0.3, 0.4) is 0 Å². The van der Waals surface area contributed by atoms with E-state index in [1.807, 2.05) is 0 Å². The average Bonchev–Trinajstić information content (AvgIpc) is 2.69. The smallest absolute Gasteiger partial charge is 0.105 e. The first-order chi connectivity index (χ1) is 9.99. The molecular weight excluding hydrogens is 260 g/mol. The Morgan fingerprint density at radius 2 is 2.05 bits per heavy atom. The SMILES string of the molecule is CCCNC(C)(C#N)CC(C)N1CCC2CCC(C1)N2C. The van der Waals surface area contributed by atoms with Gasteiger partial charge in [-0.25, -0.2) is 0 Å². The van der Waals surface area contributed by atoms with Gasteiger partial charge in [0, 0.05) is 24.7 Å². The van der Waals surface area contributed by atoms with Gasteiger partial charge < -0.3 is 0 Å². The first-order valence-electron chi connectivity index (χ1n) is 8.61. The fourth-order valence-corrected chi connectivity index (χ4v) is 4.01. The van der Waals surface area contributed by atoms with E-state index in [0.29, 0.717) is 6.04 Å². The lowest BCUT2D eigenvalue weighted by molar-refractivity contribution is 0.157. The number of likely N-dealkylation sites (tertiary alicyclic amines) is 1. The molecule has 4 atom stereocenters. The summed E-state index contributed by atoms with van der Waals surface area (Å²) in [5, 5.41) is 12.9. The van der Waals surface area contributed by atoms with Gasteiger partial charge in [-0.15, -0.1) is 0 Å². The molecule has 0 amide bonds. The molecule has 120 valence electrons. The highest BCUT2D eigenvalue weighted by Crippen LogP contribution is 2.30. The zero-order valence-electron chi connectivity index (χ0n) is 14.2. The molecule has 0 aromatic rings. The molecule has 0 aromatic carbocycles. The minimum atomic E-state index is -0.396. The summed E-state index contributed by atoms with van der Waals surface area (Å²) in [4.78, 5) is 5.20. The van der Waals surface area contributed by atoms with Crippen molar-refractivity contribution in [3.05, 3.63) is 0 Å². The van der Waals surface area contributed by atoms with E-state index in [2.05, 4.69) is 49.0 Å². The van der Waals surface area contributed by atoms with Gasteiger partial charge in [0.1, 0.15) is 5.54 Å². The Morgan fingerprint density at radius 3 is 2.71 bits per heavy atom. The molecule has 0 saturated carbocycles. The highest BCUT2D eigenvalue weighted by atomic mass is 15.3. The van der Waals surface area contributed by atoms with E-state index >= 15 is 0 Å². The molecule has 2 fully saturated rings. The molecule has 2 aliphatic heterocycles. The Morgan fingerprint density at radius 1 is 1.33 bits per heavy atom. The molecule has 0 aliphatic carbocycles. The van der Waals surface area contributed by atoms with Crippen molar-refractivity contribution in [1.82, 2.24) is 15.1 Å². The Labute approximate surface area is 130 Å². The second-order valence-electron chi connectivity index (χ2n) is 7.26. The van der Waals surface area contributed by atoms with Crippen LogP contribution in [-0.2, 0) is 0 Å². The van der Waals surface area contributed by atoms with Crippen LogP contribution < -0.4 is 5.32 Å². The summed E-state index contributed by atoms with van der Waals surface area (Å²) in [5.41, 5.74) is -0.396. The maximum absolute atomic E-state index is 9.52. The first kappa shape index (κ1) is 16.7. The molecule has 2 saturated heterocycles. The van der Waals surface area contributed by atoms with E-state index in [4.69, 9.17) is 0 Å². The third-order valence-electron chi connectivity index (χ3n) is 5.52. The topological polar surface area (TPSA) is 42.3 Å². The van der Waals surface area contributed by atoms with Crippen molar-refractivity contribution in [1.29, 1.82) is 5.26 Å². The van der Waals surface area contributed by atoms with Crippen LogP contribution in [0.1, 0.15) is 52.9 Å². The lowest BCUT2D eigenvalue weighted by atomic mass is 9.93. The van der Waals surface area contributed by atoms with Crippen LogP contribution >= 0.6 is 0 Å². The van der Waals surface area contributed by atoms with Gasteiger partial charge in [-0.2, -0.15) is 5.26 Å². The fraction of sp³-hybridized carbons (Fsp3) is 0.941. The summed E-state index contributed by atoms with van der Waals surface area (Å²) in [6.45, 7) is 9.77. The second-order valence-corrected chi connectivity index (χ2v) is 7.26. The van der Waals surface area contributed by atoms with Gasteiger partial charge >= 0.3 is 0 Å². The minimum absolute atomic E-state index is 0.396. The van der Waals surface area contributed by atoms with Crippen molar-refractivity contribution < 1.29 is 0 Å². The monoisotopic (exact) mass is 292 g/mol. The summed E-state index contributed by atoms with van der Waals surface area (Å²) in [6.07, 6.45) is 5.98. The lowest BCUT2D eigenvalue weighted by Crippen LogP contribution is -2.49. The number of hydrogen-bond acceptors (Lipinski definition) is 4. The molecule has 2 heterocycles. The number of nitriles is 1. The van der Waals surface area contributed by atoms with E-state index in [0.717, 1.165) is 31.5 Å². The molecular formula is C17H32N4. The molecule has 4 unspecified atom stereocenters. The fourth-order valence-electron chi connectivity index (χ4n) is 4.01. The molecule has 2 bridgehead atoms. The second kappa shape index (κ2) is 7.09. The maximum atomic E-state index is 9.52. The van der Waals surface area contributed by atoms with Crippen molar-refractivity contribution in [2.75, 3.05) is 26.7 Å². The molecule has 21 heavy (non-hydrogen) atoms. The first-order valence-corrected chi connectivity index (χ1v) is 8.61. The van der Waals surface area contributed by atoms with Crippen molar-refractivity contribution in [2.45, 2.75) is 76.5 Å². The third kappa shape index (κ3) is 3.97. The Kier molecular flexibility index (Phi) is 5.65. The van der Waals surface area contributed by atoms with Crippen LogP contribution in [0.2, 0.25) is 0 Å². The van der Waals surface area contributed by atoms with Crippen molar-refractivity contribution in [2.24, 2.45) is 0 Å². The molecule has 0 aromatic heterocycles. The van der Waals surface area contributed by atoms with Crippen LogP contribution in [0.5, 0.6) is 0 Å². The van der Waals surface area contributed by atoms with Gasteiger partial charge in [0.05, 0.1) is 6.07 Å². The minimum Gasteiger partial charge on any atom is -0.300 e. The number of rotatable bonds is 6. The quantitative estimate of drug-likeness (QED) is 0.815. The third-order valence-corrected chi connectivity index (χ3v) is 5.52.